The van der Waals surface area contributed by atoms with E-state index in [0.29, 0.717) is 42.9 Å². The molecule has 0 N–H and O–H groups in total. The summed E-state index contributed by atoms with van der Waals surface area (Å²) >= 11 is -2.46. The Kier molecular flexibility index (Phi) is 8.55. The van der Waals surface area contributed by atoms with E-state index >= 15 is 0 Å². The van der Waals surface area contributed by atoms with Gasteiger partial charge in [0.25, 0.3) is 0 Å². The monoisotopic (exact) mass is 365 g/mol. The van der Waals surface area contributed by atoms with Gasteiger partial charge in [-0.3, -0.25) is 0 Å². The van der Waals surface area contributed by atoms with Gasteiger partial charge in [0.05, 0.1) is 18.8 Å². The molecular formula is C17H23N3O4S. The zero-order chi connectivity index (χ0) is 18.9. The van der Waals surface area contributed by atoms with Crippen LogP contribution in [0.2, 0.25) is 0 Å². The third-order valence-corrected chi connectivity index (χ3v) is 5.23. The fraction of sp³-hybridized carbons (Fsp3) is 0.529. The molecule has 0 aliphatic rings. The van der Waals surface area contributed by atoms with Crippen molar-refractivity contribution >= 4 is 40.5 Å². The maximum atomic E-state index is 12.3. The lowest BCUT2D eigenvalue weighted by molar-refractivity contribution is 0.370. The zero-order valence-electron chi connectivity index (χ0n) is 14.8. The summed E-state index contributed by atoms with van der Waals surface area (Å²) < 4.78 is 24.2. The van der Waals surface area contributed by atoms with Gasteiger partial charge in [-0.2, -0.15) is 9.98 Å². The van der Waals surface area contributed by atoms with Gasteiger partial charge in [0.2, 0.25) is 12.2 Å². The maximum absolute atomic E-state index is 12.3. The normalized spacial score (nSPS) is 12.2. The van der Waals surface area contributed by atoms with E-state index in [9.17, 15) is 18.4 Å². The zero-order valence-corrected chi connectivity index (χ0v) is 15.6. The second kappa shape index (κ2) is 10.1. The fourth-order valence-corrected chi connectivity index (χ4v) is 3.58. The smallest absolute Gasteiger partial charge is 0.240 e. The Balaban J connectivity index is 3.70. The van der Waals surface area contributed by atoms with Gasteiger partial charge >= 0.3 is 0 Å². The van der Waals surface area contributed by atoms with E-state index in [1.165, 1.54) is 18.2 Å². The van der Waals surface area contributed by atoms with Gasteiger partial charge in [0.1, 0.15) is 5.69 Å². The number of rotatable bonds is 10. The lowest BCUT2D eigenvalue weighted by Crippen LogP contribution is -2.52. The molecule has 0 saturated carbocycles. The first-order valence-corrected chi connectivity index (χ1v) is 9.28. The minimum absolute atomic E-state index is 0.158. The molecule has 25 heavy (non-hydrogen) atoms. The van der Waals surface area contributed by atoms with E-state index in [2.05, 4.69) is 9.98 Å². The molecule has 1 atom stereocenters. The molecule has 8 heteroatoms. The second-order valence-corrected chi connectivity index (χ2v) is 6.93. The number of aliphatic imine (C=N–C) groups is 2. The highest BCUT2D eigenvalue weighted by atomic mass is 32.2. The van der Waals surface area contributed by atoms with Gasteiger partial charge in [-0.1, -0.05) is 26.7 Å². The van der Waals surface area contributed by atoms with E-state index in [-0.39, 0.29) is 9.58 Å². The van der Waals surface area contributed by atoms with Gasteiger partial charge in [-0.05, 0) is 31.4 Å². The van der Waals surface area contributed by atoms with Gasteiger partial charge < -0.3 is 4.55 Å². The quantitative estimate of drug-likeness (QED) is 0.273. The molecular weight excluding hydrogens is 342 g/mol. The van der Waals surface area contributed by atoms with Crippen LogP contribution in [0, 0.1) is 6.92 Å². The summed E-state index contributed by atoms with van der Waals surface area (Å²) in [5.41, 5.74) is 1.48. The summed E-state index contributed by atoms with van der Waals surface area (Å²) in [7, 11) is 0. The topological polar surface area (TPSA) is 99.0 Å². The van der Waals surface area contributed by atoms with Gasteiger partial charge in [-0.15, -0.1) is 0 Å². The molecule has 0 radical (unpaired) electrons. The van der Waals surface area contributed by atoms with Crippen LogP contribution in [-0.4, -0.2) is 34.0 Å². The third kappa shape index (κ3) is 5.01. The van der Waals surface area contributed by atoms with E-state index in [4.69, 9.17) is 0 Å². The number of hydrogen-bond acceptors (Lipinski definition) is 6. The summed E-state index contributed by atoms with van der Waals surface area (Å²) in [6.45, 7) is 6.45. The molecule has 1 rings (SSSR count). The standard InChI is InChI=1S/C17H23N3O4S/c1-4-6-8-20(25(23)24,9-7-5-2)17-10-14(3)15(18-12-21)11-16(17)19-13-22/h10-11H,4-9H2,1-3H3. The first kappa shape index (κ1) is 21.1. The Morgan fingerprint density at radius 2 is 1.56 bits per heavy atom. The van der Waals surface area contributed by atoms with Crippen molar-refractivity contribution in [2.45, 2.75) is 46.5 Å². The van der Waals surface area contributed by atoms with Crippen LogP contribution in [0.3, 0.4) is 0 Å². The van der Waals surface area contributed by atoms with Crippen LogP contribution < -0.4 is 3.89 Å². The average molecular weight is 365 g/mol. The summed E-state index contributed by atoms with van der Waals surface area (Å²) in [5.74, 6) is 0. The molecule has 1 unspecified atom stereocenters. The van der Waals surface area contributed by atoms with Crippen molar-refractivity contribution in [2.75, 3.05) is 13.1 Å². The first-order chi connectivity index (χ1) is 12.0. The van der Waals surface area contributed by atoms with Crippen molar-refractivity contribution in [2.24, 2.45) is 9.98 Å². The molecule has 0 aliphatic heterocycles. The van der Waals surface area contributed by atoms with Gasteiger partial charge in [0.15, 0.2) is 17.0 Å². The highest BCUT2D eigenvalue weighted by molar-refractivity contribution is 7.78. The van der Waals surface area contributed by atoms with Crippen LogP contribution in [0.4, 0.5) is 17.1 Å². The Labute approximate surface area is 150 Å². The number of nitrogens with zero attached hydrogens (tertiary/aromatic N) is 3. The van der Waals surface area contributed by atoms with Gasteiger partial charge in [-0.25, -0.2) is 17.7 Å². The first-order valence-electron chi connectivity index (χ1n) is 8.24. The Morgan fingerprint density at radius 3 is 2.00 bits per heavy atom. The summed E-state index contributed by atoms with van der Waals surface area (Å²) in [6, 6.07) is 3.06. The number of quaternary nitrogens is 1. The number of carbonyl (C=O) groups excluding carboxylic acids is 2. The van der Waals surface area contributed by atoms with E-state index in [0.717, 1.165) is 12.8 Å². The molecule has 0 bridgehead atoms. The van der Waals surface area contributed by atoms with Crippen LogP contribution in [-0.2, 0) is 20.9 Å². The van der Waals surface area contributed by atoms with Crippen molar-refractivity contribution in [1.82, 2.24) is 3.89 Å². The molecule has 0 saturated heterocycles. The number of aryl methyl sites for hydroxylation is 1. The van der Waals surface area contributed by atoms with Crippen molar-refractivity contribution in [3.63, 3.8) is 0 Å². The number of unbranched alkanes of at least 4 members (excludes halogenated alkanes) is 2. The molecule has 1 aromatic carbocycles. The summed E-state index contributed by atoms with van der Waals surface area (Å²) in [5, 5.41) is 0. The molecule has 0 heterocycles. The second-order valence-electron chi connectivity index (χ2n) is 5.79. The summed E-state index contributed by atoms with van der Waals surface area (Å²) in [6.07, 6.45) is 5.99. The molecule has 136 valence electrons. The molecule has 0 amide bonds. The van der Waals surface area contributed by atoms with Crippen LogP contribution >= 0.6 is 0 Å². The molecule has 7 nitrogen and oxygen atoms in total. The van der Waals surface area contributed by atoms with Crippen molar-refractivity contribution in [3.8, 4) is 0 Å². The fourth-order valence-electron chi connectivity index (χ4n) is 2.71. The van der Waals surface area contributed by atoms with Crippen LogP contribution in [0.15, 0.2) is 22.1 Å². The van der Waals surface area contributed by atoms with E-state index < -0.39 is 11.3 Å². The van der Waals surface area contributed by atoms with Gasteiger partial charge in [0, 0.05) is 6.07 Å². The molecule has 0 fully saturated rings. The third-order valence-electron chi connectivity index (χ3n) is 4.10. The van der Waals surface area contributed by atoms with Crippen molar-refractivity contribution < 1.29 is 18.4 Å². The van der Waals surface area contributed by atoms with Crippen LogP contribution in [0.1, 0.15) is 45.1 Å². The van der Waals surface area contributed by atoms with Crippen molar-refractivity contribution in [1.29, 1.82) is 0 Å². The Morgan fingerprint density at radius 1 is 1.04 bits per heavy atom. The number of benzene rings is 1. The van der Waals surface area contributed by atoms with Crippen molar-refractivity contribution in [3.05, 3.63) is 17.7 Å². The molecule has 0 aromatic heterocycles. The highest BCUT2D eigenvalue weighted by Crippen LogP contribution is 2.40. The lowest BCUT2D eigenvalue weighted by Gasteiger charge is -2.39. The Bertz CT molecular complexity index is 715. The minimum atomic E-state index is -2.46. The molecule has 0 aliphatic carbocycles. The number of hydrogen-bond donors (Lipinski definition) is 0. The minimum Gasteiger partial charge on any atom is -0.724 e. The molecule has 1 aromatic rings. The molecule has 0 spiro atoms. The predicted octanol–water partition coefficient (Wildman–Crippen LogP) is 3.63. The van der Waals surface area contributed by atoms with Crippen LogP contribution in [0.25, 0.3) is 0 Å². The maximum Gasteiger partial charge on any atom is 0.240 e. The lowest BCUT2D eigenvalue weighted by atomic mass is 10.1. The van der Waals surface area contributed by atoms with E-state index in [1.54, 1.807) is 13.0 Å². The SMILES string of the molecule is CCCC[N+](CCCC)(c1cc(C)c(N=C=O)cc1N=C=O)S(=O)[O-]. The Hall–Kier alpha value is -1.95. The predicted molar refractivity (Wildman–Crippen MR) is 97.0 cm³/mol. The number of isocyanates is 2. The highest BCUT2D eigenvalue weighted by Gasteiger charge is 2.35. The van der Waals surface area contributed by atoms with Crippen LogP contribution in [0.5, 0.6) is 0 Å². The average Bonchev–Trinajstić information content (AvgIpc) is 2.58. The largest absolute Gasteiger partial charge is 0.724 e. The summed E-state index contributed by atoms with van der Waals surface area (Å²) in [4.78, 5) is 28.7. The van der Waals surface area contributed by atoms with E-state index in [1.807, 2.05) is 13.8 Å².